The normalized spacial score (nSPS) is 12.2. The Morgan fingerprint density at radius 3 is 2.19 bits per heavy atom. The van der Waals surface area contributed by atoms with Crippen LogP contribution in [0, 0.1) is 0 Å². The SMILES string of the molecule is COC(=O)c1ccc(CS(=O)(=O)NC(C)(CO)CO)cc1. The van der Waals surface area contributed by atoms with Crippen LogP contribution in [0.25, 0.3) is 0 Å². The minimum absolute atomic E-state index is 0.321. The Bertz CT molecular complexity index is 577. The number of hydrogen-bond donors (Lipinski definition) is 3. The summed E-state index contributed by atoms with van der Waals surface area (Å²) in [7, 11) is -2.48. The minimum Gasteiger partial charge on any atom is -0.465 e. The molecule has 0 unspecified atom stereocenters. The smallest absolute Gasteiger partial charge is 0.337 e. The third-order valence-corrected chi connectivity index (χ3v) is 4.35. The van der Waals surface area contributed by atoms with Crippen LogP contribution in [0.5, 0.6) is 0 Å². The van der Waals surface area contributed by atoms with Gasteiger partial charge in [-0.05, 0) is 24.6 Å². The number of nitrogens with one attached hydrogen (secondary N) is 1. The van der Waals surface area contributed by atoms with Gasteiger partial charge in [-0.3, -0.25) is 0 Å². The van der Waals surface area contributed by atoms with Crippen molar-refractivity contribution >= 4 is 16.0 Å². The maximum Gasteiger partial charge on any atom is 0.337 e. The van der Waals surface area contributed by atoms with Gasteiger partial charge in [-0.15, -0.1) is 0 Å². The number of carbonyl (C=O) groups is 1. The standard InChI is InChI=1S/C13H19NO6S/c1-13(8-15,9-16)14-21(18,19)7-10-3-5-11(6-4-10)12(17)20-2/h3-6,14-16H,7-9H2,1-2H3. The lowest BCUT2D eigenvalue weighted by atomic mass is 10.1. The van der Waals surface area contributed by atoms with Crippen molar-refractivity contribution < 1.29 is 28.2 Å². The molecular weight excluding hydrogens is 298 g/mol. The van der Waals surface area contributed by atoms with Crippen molar-refractivity contribution in [3.63, 3.8) is 0 Å². The number of aliphatic hydroxyl groups excluding tert-OH is 2. The van der Waals surface area contributed by atoms with Crippen molar-refractivity contribution in [1.29, 1.82) is 0 Å². The molecule has 0 saturated carbocycles. The number of methoxy groups -OCH3 is 1. The minimum atomic E-state index is -3.74. The predicted octanol–water partition coefficient (Wildman–Crippen LogP) is -0.364. The molecule has 118 valence electrons. The summed E-state index contributed by atoms with van der Waals surface area (Å²) < 4.78 is 30.8. The summed E-state index contributed by atoms with van der Waals surface area (Å²) in [6.45, 7) is 0.346. The predicted molar refractivity (Wildman–Crippen MR) is 76.1 cm³/mol. The number of esters is 1. The molecule has 3 N–H and O–H groups in total. The first-order valence-electron chi connectivity index (χ1n) is 6.16. The van der Waals surface area contributed by atoms with Gasteiger partial charge in [0.1, 0.15) is 0 Å². The molecule has 7 nitrogen and oxygen atoms in total. The van der Waals surface area contributed by atoms with Crippen LogP contribution in [-0.4, -0.2) is 50.5 Å². The molecule has 0 saturated heterocycles. The monoisotopic (exact) mass is 317 g/mol. The van der Waals surface area contributed by atoms with E-state index >= 15 is 0 Å². The van der Waals surface area contributed by atoms with Gasteiger partial charge in [0.2, 0.25) is 10.0 Å². The third-order valence-electron chi connectivity index (χ3n) is 2.83. The van der Waals surface area contributed by atoms with Gasteiger partial charge in [0.05, 0.1) is 37.2 Å². The van der Waals surface area contributed by atoms with Crippen molar-refractivity contribution in [2.75, 3.05) is 20.3 Å². The van der Waals surface area contributed by atoms with Crippen LogP contribution >= 0.6 is 0 Å². The van der Waals surface area contributed by atoms with Crippen molar-refractivity contribution in [3.8, 4) is 0 Å². The highest BCUT2D eigenvalue weighted by molar-refractivity contribution is 7.88. The average Bonchev–Trinajstić information content (AvgIpc) is 2.46. The summed E-state index contributed by atoms with van der Waals surface area (Å²) >= 11 is 0. The van der Waals surface area contributed by atoms with E-state index in [4.69, 9.17) is 10.2 Å². The lowest BCUT2D eigenvalue weighted by Crippen LogP contribution is -2.51. The number of aliphatic hydroxyl groups is 2. The van der Waals surface area contributed by atoms with Crippen molar-refractivity contribution in [2.24, 2.45) is 0 Å². The Morgan fingerprint density at radius 1 is 1.24 bits per heavy atom. The molecule has 0 bridgehead atoms. The quantitative estimate of drug-likeness (QED) is 0.592. The van der Waals surface area contributed by atoms with E-state index < -0.39 is 34.7 Å². The lowest BCUT2D eigenvalue weighted by Gasteiger charge is -2.25. The van der Waals surface area contributed by atoms with Crippen molar-refractivity contribution in [2.45, 2.75) is 18.2 Å². The van der Waals surface area contributed by atoms with Gasteiger partial charge in [0.15, 0.2) is 0 Å². The van der Waals surface area contributed by atoms with E-state index in [0.29, 0.717) is 11.1 Å². The Hall–Kier alpha value is -1.48. The van der Waals surface area contributed by atoms with E-state index in [0.717, 1.165) is 0 Å². The Kier molecular flexibility index (Phi) is 5.85. The van der Waals surface area contributed by atoms with Crippen LogP contribution in [0.3, 0.4) is 0 Å². The molecule has 0 aliphatic carbocycles. The molecule has 0 amide bonds. The molecule has 8 heteroatoms. The van der Waals surface area contributed by atoms with Gasteiger partial charge in [-0.1, -0.05) is 12.1 Å². The fourth-order valence-corrected chi connectivity index (χ4v) is 3.18. The number of hydrogen-bond acceptors (Lipinski definition) is 6. The Labute approximate surface area is 123 Å². The molecule has 0 aromatic heterocycles. The van der Waals surface area contributed by atoms with Gasteiger partial charge < -0.3 is 14.9 Å². The molecule has 0 spiro atoms. The van der Waals surface area contributed by atoms with Gasteiger partial charge in [0.25, 0.3) is 0 Å². The van der Waals surface area contributed by atoms with E-state index in [1.165, 1.54) is 38.3 Å². The number of rotatable bonds is 7. The third kappa shape index (κ3) is 5.09. The largest absolute Gasteiger partial charge is 0.465 e. The second kappa shape index (κ2) is 6.99. The van der Waals surface area contributed by atoms with Crippen LogP contribution in [0.15, 0.2) is 24.3 Å². The van der Waals surface area contributed by atoms with E-state index in [9.17, 15) is 13.2 Å². The van der Waals surface area contributed by atoms with Crippen molar-refractivity contribution in [1.82, 2.24) is 4.72 Å². The maximum absolute atomic E-state index is 12.0. The zero-order valence-corrected chi connectivity index (χ0v) is 12.7. The summed E-state index contributed by atoms with van der Waals surface area (Å²) in [5, 5.41) is 18.2. The first-order valence-corrected chi connectivity index (χ1v) is 7.81. The zero-order chi connectivity index (χ0) is 16.1. The summed E-state index contributed by atoms with van der Waals surface area (Å²) in [6, 6.07) is 5.93. The Morgan fingerprint density at radius 2 is 1.76 bits per heavy atom. The van der Waals surface area contributed by atoms with E-state index in [2.05, 4.69) is 9.46 Å². The molecule has 0 heterocycles. The molecule has 1 aromatic rings. The molecular formula is C13H19NO6S. The molecule has 21 heavy (non-hydrogen) atoms. The molecule has 0 radical (unpaired) electrons. The highest BCUT2D eigenvalue weighted by atomic mass is 32.2. The summed E-state index contributed by atoms with van der Waals surface area (Å²) in [4.78, 5) is 11.3. The summed E-state index contributed by atoms with van der Waals surface area (Å²) in [5.41, 5.74) is -0.527. The van der Waals surface area contributed by atoms with Crippen LogP contribution < -0.4 is 4.72 Å². The number of sulfonamides is 1. The second-order valence-electron chi connectivity index (χ2n) is 4.93. The molecule has 1 rings (SSSR count). The Balaban J connectivity index is 2.83. The fraction of sp³-hybridized carbons (Fsp3) is 0.462. The highest BCUT2D eigenvalue weighted by Gasteiger charge is 2.28. The molecule has 0 aliphatic heterocycles. The molecule has 1 aromatic carbocycles. The van der Waals surface area contributed by atoms with Crippen LogP contribution in [-0.2, 0) is 20.5 Å². The maximum atomic E-state index is 12.0. The van der Waals surface area contributed by atoms with Gasteiger partial charge in [0, 0.05) is 0 Å². The molecule has 0 fully saturated rings. The number of benzene rings is 1. The van der Waals surface area contributed by atoms with Crippen LogP contribution in [0.2, 0.25) is 0 Å². The van der Waals surface area contributed by atoms with Crippen molar-refractivity contribution in [3.05, 3.63) is 35.4 Å². The number of ether oxygens (including phenoxy) is 1. The molecule has 0 aliphatic rings. The van der Waals surface area contributed by atoms with E-state index in [1.54, 1.807) is 0 Å². The first-order chi connectivity index (χ1) is 9.75. The topological polar surface area (TPSA) is 113 Å². The van der Waals surface area contributed by atoms with Gasteiger partial charge >= 0.3 is 5.97 Å². The summed E-state index contributed by atoms with van der Waals surface area (Å²) in [5.74, 6) is -0.833. The summed E-state index contributed by atoms with van der Waals surface area (Å²) in [6.07, 6.45) is 0. The van der Waals surface area contributed by atoms with E-state index in [-0.39, 0.29) is 5.75 Å². The zero-order valence-electron chi connectivity index (χ0n) is 11.9. The van der Waals surface area contributed by atoms with Crippen LogP contribution in [0.4, 0.5) is 0 Å². The number of carbonyl (C=O) groups excluding carboxylic acids is 1. The second-order valence-corrected chi connectivity index (χ2v) is 6.65. The fourth-order valence-electron chi connectivity index (χ4n) is 1.60. The first kappa shape index (κ1) is 17.6. The highest BCUT2D eigenvalue weighted by Crippen LogP contribution is 2.11. The molecule has 0 atom stereocenters. The van der Waals surface area contributed by atoms with Gasteiger partial charge in [-0.2, -0.15) is 0 Å². The lowest BCUT2D eigenvalue weighted by molar-refractivity contribution is 0.0600. The average molecular weight is 317 g/mol. The van der Waals surface area contributed by atoms with E-state index in [1.807, 2.05) is 0 Å². The van der Waals surface area contributed by atoms with Gasteiger partial charge in [-0.25, -0.2) is 17.9 Å². The van der Waals surface area contributed by atoms with Crippen LogP contribution in [0.1, 0.15) is 22.8 Å².